The molecule has 0 atom stereocenters. The number of hydrogen-bond donors (Lipinski definition) is 2. The molecule has 0 saturated heterocycles. The number of imidazole rings is 1. The number of benzene rings is 1. The van der Waals surface area contributed by atoms with Gasteiger partial charge in [-0.3, -0.25) is 0 Å². The zero-order chi connectivity index (χ0) is 11.7. The fourth-order valence-electron chi connectivity index (χ4n) is 1.50. The molecule has 0 aliphatic rings. The molecule has 2 aromatic heterocycles. The number of thioether (sulfide) groups is 1. The first kappa shape index (κ1) is 10.5. The Hall–Kier alpha value is -1.60. The fourth-order valence-corrected chi connectivity index (χ4v) is 2.86. The van der Waals surface area contributed by atoms with Gasteiger partial charge in [-0.15, -0.1) is 10.2 Å². The van der Waals surface area contributed by atoms with Gasteiger partial charge < -0.3 is 10.7 Å². The molecule has 0 unspecified atom stereocenters. The van der Waals surface area contributed by atoms with Gasteiger partial charge in [0.1, 0.15) is 11.3 Å². The van der Waals surface area contributed by atoms with E-state index in [4.69, 9.17) is 5.73 Å². The van der Waals surface area contributed by atoms with Gasteiger partial charge >= 0.3 is 0 Å². The smallest absolute Gasteiger partial charge is 0.174 e. The van der Waals surface area contributed by atoms with Crippen LogP contribution < -0.4 is 5.73 Å². The van der Waals surface area contributed by atoms with Gasteiger partial charge in [0.05, 0.1) is 16.8 Å². The third kappa shape index (κ3) is 2.25. The molecule has 3 rings (SSSR count). The second-order valence-electron chi connectivity index (χ2n) is 3.45. The van der Waals surface area contributed by atoms with Crippen molar-refractivity contribution in [1.29, 1.82) is 0 Å². The SMILES string of the molecule is Nc1ccc2nc(CSc3nncs3)[nH]c2c1. The lowest BCUT2D eigenvalue weighted by atomic mass is 10.3. The maximum absolute atomic E-state index is 5.71. The van der Waals surface area contributed by atoms with Crippen molar-refractivity contribution in [2.24, 2.45) is 0 Å². The number of fused-ring (bicyclic) bond motifs is 1. The maximum Gasteiger partial charge on any atom is 0.174 e. The number of nitrogens with one attached hydrogen (secondary N) is 1. The van der Waals surface area contributed by atoms with Crippen molar-refractivity contribution >= 4 is 39.8 Å². The van der Waals surface area contributed by atoms with E-state index >= 15 is 0 Å². The van der Waals surface area contributed by atoms with Crippen molar-refractivity contribution in [3.05, 3.63) is 29.5 Å². The van der Waals surface area contributed by atoms with E-state index in [-0.39, 0.29) is 0 Å². The Morgan fingerprint density at radius 2 is 2.35 bits per heavy atom. The number of aromatic nitrogens is 4. The highest BCUT2D eigenvalue weighted by Gasteiger charge is 2.05. The van der Waals surface area contributed by atoms with Crippen LogP contribution in [0.15, 0.2) is 28.0 Å². The molecule has 0 aliphatic carbocycles. The quantitative estimate of drug-likeness (QED) is 0.560. The van der Waals surface area contributed by atoms with Gasteiger partial charge in [-0.25, -0.2) is 4.98 Å². The molecule has 17 heavy (non-hydrogen) atoms. The van der Waals surface area contributed by atoms with Gasteiger partial charge in [-0.05, 0) is 18.2 Å². The highest BCUT2D eigenvalue weighted by molar-refractivity contribution is 8.00. The van der Waals surface area contributed by atoms with Crippen LogP contribution in [0.2, 0.25) is 0 Å². The lowest BCUT2D eigenvalue weighted by Gasteiger charge is -1.91. The second-order valence-corrected chi connectivity index (χ2v) is 5.51. The van der Waals surface area contributed by atoms with Crippen LogP contribution in [0, 0.1) is 0 Å². The predicted octanol–water partition coefficient (Wildman–Crippen LogP) is 2.29. The van der Waals surface area contributed by atoms with Crippen molar-refractivity contribution in [2.45, 2.75) is 10.1 Å². The maximum atomic E-state index is 5.71. The van der Waals surface area contributed by atoms with Crippen LogP contribution in [0.3, 0.4) is 0 Å². The van der Waals surface area contributed by atoms with Gasteiger partial charge in [-0.1, -0.05) is 23.1 Å². The summed E-state index contributed by atoms with van der Waals surface area (Å²) in [6.45, 7) is 0. The number of nitrogens with zero attached hydrogens (tertiary/aromatic N) is 3. The van der Waals surface area contributed by atoms with Crippen LogP contribution in [0.4, 0.5) is 5.69 Å². The van der Waals surface area contributed by atoms with Gasteiger partial charge in [-0.2, -0.15) is 0 Å². The molecule has 0 amide bonds. The normalized spacial score (nSPS) is 11.1. The Bertz CT molecular complexity index is 631. The number of nitrogen functional groups attached to an aromatic ring is 1. The minimum atomic E-state index is 0.740. The van der Waals surface area contributed by atoms with Crippen molar-refractivity contribution in [2.75, 3.05) is 5.73 Å². The molecule has 7 heteroatoms. The molecule has 3 aromatic rings. The topological polar surface area (TPSA) is 80.5 Å². The van der Waals surface area contributed by atoms with Crippen molar-refractivity contribution in [1.82, 2.24) is 20.2 Å². The standard InChI is InChI=1S/C10H9N5S2/c11-6-1-2-7-8(3-6)14-9(13-7)4-16-10-15-12-5-17-10/h1-3,5H,4,11H2,(H,13,14). The highest BCUT2D eigenvalue weighted by atomic mass is 32.2. The zero-order valence-electron chi connectivity index (χ0n) is 8.75. The fraction of sp³-hybridized carbons (Fsp3) is 0.100. The molecule has 0 bridgehead atoms. The van der Waals surface area contributed by atoms with E-state index in [2.05, 4.69) is 20.2 Å². The van der Waals surface area contributed by atoms with Crippen molar-refractivity contribution in [3.63, 3.8) is 0 Å². The number of nitrogens with two attached hydrogens (primary N) is 1. The zero-order valence-corrected chi connectivity index (χ0v) is 10.4. The van der Waals surface area contributed by atoms with E-state index < -0.39 is 0 Å². The van der Waals surface area contributed by atoms with E-state index in [0.29, 0.717) is 0 Å². The summed E-state index contributed by atoms with van der Waals surface area (Å²) in [5.74, 6) is 1.68. The van der Waals surface area contributed by atoms with Gasteiger partial charge in [0.2, 0.25) is 0 Å². The third-order valence-electron chi connectivity index (χ3n) is 2.23. The van der Waals surface area contributed by atoms with Crippen LogP contribution in [-0.2, 0) is 5.75 Å². The molecule has 5 nitrogen and oxygen atoms in total. The lowest BCUT2D eigenvalue weighted by Crippen LogP contribution is -1.83. The summed E-state index contributed by atoms with van der Waals surface area (Å²) in [6.07, 6.45) is 0. The molecule has 0 aliphatic heterocycles. The van der Waals surface area contributed by atoms with E-state index in [0.717, 1.165) is 32.6 Å². The second kappa shape index (κ2) is 4.34. The largest absolute Gasteiger partial charge is 0.399 e. The molecule has 0 fully saturated rings. The van der Waals surface area contributed by atoms with Crippen LogP contribution in [0.5, 0.6) is 0 Å². The number of hydrogen-bond acceptors (Lipinski definition) is 6. The molecule has 1 aromatic carbocycles. The van der Waals surface area contributed by atoms with Crippen LogP contribution in [0.25, 0.3) is 11.0 Å². The monoisotopic (exact) mass is 263 g/mol. The third-order valence-corrected chi connectivity index (χ3v) is 4.10. The van der Waals surface area contributed by atoms with E-state index in [1.807, 2.05) is 18.2 Å². The summed E-state index contributed by atoms with van der Waals surface area (Å²) in [6, 6.07) is 5.66. The number of anilines is 1. The van der Waals surface area contributed by atoms with Gasteiger partial charge in [0.15, 0.2) is 4.34 Å². The van der Waals surface area contributed by atoms with Crippen LogP contribution in [0.1, 0.15) is 5.82 Å². The summed E-state index contributed by atoms with van der Waals surface area (Å²) in [7, 11) is 0. The first-order valence-corrected chi connectivity index (χ1v) is 6.81. The number of aromatic amines is 1. The average Bonchev–Trinajstić information content (AvgIpc) is 2.94. The Morgan fingerprint density at radius 1 is 1.41 bits per heavy atom. The molecule has 86 valence electrons. The summed E-state index contributed by atoms with van der Waals surface area (Å²) in [5.41, 5.74) is 10.1. The van der Waals surface area contributed by atoms with Crippen LogP contribution >= 0.6 is 23.1 Å². The molecule has 0 spiro atoms. The average molecular weight is 263 g/mol. The molecule has 3 N–H and O–H groups in total. The lowest BCUT2D eigenvalue weighted by molar-refractivity contribution is 1.01. The molecule has 0 radical (unpaired) electrons. The Morgan fingerprint density at radius 3 is 3.18 bits per heavy atom. The van der Waals surface area contributed by atoms with E-state index in [1.165, 1.54) is 11.3 Å². The first-order chi connectivity index (χ1) is 8.31. The molecule has 2 heterocycles. The van der Waals surface area contributed by atoms with Crippen molar-refractivity contribution < 1.29 is 0 Å². The van der Waals surface area contributed by atoms with Crippen molar-refractivity contribution in [3.8, 4) is 0 Å². The molecule has 0 saturated carbocycles. The van der Waals surface area contributed by atoms with Crippen LogP contribution in [-0.4, -0.2) is 20.2 Å². The van der Waals surface area contributed by atoms with E-state index in [1.54, 1.807) is 17.3 Å². The Balaban J connectivity index is 1.81. The highest BCUT2D eigenvalue weighted by Crippen LogP contribution is 2.24. The summed E-state index contributed by atoms with van der Waals surface area (Å²) in [4.78, 5) is 7.72. The van der Waals surface area contributed by atoms with E-state index in [9.17, 15) is 0 Å². The number of H-pyrrole nitrogens is 1. The summed E-state index contributed by atoms with van der Waals surface area (Å²) < 4.78 is 0.949. The molecular formula is C10H9N5S2. The Labute approximate surface area is 105 Å². The molecular weight excluding hydrogens is 254 g/mol. The summed E-state index contributed by atoms with van der Waals surface area (Å²) in [5, 5.41) is 7.76. The number of rotatable bonds is 3. The summed E-state index contributed by atoms with van der Waals surface area (Å²) >= 11 is 3.15. The minimum absolute atomic E-state index is 0.740. The van der Waals surface area contributed by atoms with Gasteiger partial charge in [0, 0.05) is 5.69 Å². The van der Waals surface area contributed by atoms with Gasteiger partial charge in [0.25, 0.3) is 0 Å². The predicted molar refractivity (Wildman–Crippen MR) is 70.0 cm³/mol. The Kier molecular flexibility index (Phi) is 2.69. The minimum Gasteiger partial charge on any atom is -0.399 e. The first-order valence-electron chi connectivity index (χ1n) is 4.94.